The highest BCUT2D eigenvalue weighted by Crippen LogP contribution is 2.18. The summed E-state index contributed by atoms with van der Waals surface area (Å²) in [6, 6.07) is 0.957. The number of aliphatic hydroxyl groups is 1. The van der Waals surface area contributed by atoms with Crippen LogP contribution in [-0.4, -0.2) is 60.4 Å². The van der Waals surface area contributed by atoms with Crippen molar-refractivity contribution in [2.45, 2.75) is 194 Å². The van der Waals surface area contributed by atoms with E-state index in [4.69, 9.17) is 9.47 Å². The lowest BCUT2D eigenvalue weighted by atomic mass is 10.0. The molecule has 0 amide bonds. The first-order valence-electron chi connectivity index (χ1n) is 18.1. The standard InChI is InChI=1S/C36H71NO5/c1-5-7-9-13-21-27-35(39)41-31-23-17-11-15-19-25-33(3)37(29-30-38)34(4)26-20-16-12-18-24-32-42-36(40)28-22-14-10-8-6-2/h33-34,38H,5-32H2,1-4H3. The first-order chi connectivity index (χ1) is 20.5. The summed E-state index contributed by atoms with van der Waals surface area (Å²) >= 11 is 0. The Labute approximate surface area is 261 Å². The molecule has 2 unspecified atom stereocenters. The lowest BCUT2D eigenvalue weighted by molar-refractivity contribution is -0.144. The van der Waals surface area contributed by atoms with E-state index in [0.717, 1.165) is 70.8 Å². The molecule has 0 saturated heterocycles. The number of rotatable bonds is 32. The van der Waals surface area contributed by atoms with Gasteiger partial charge in [-0.05, 0) is 52.4 Å². The molecule has 0 fully saturated rings. The zero-order valence-electron chi connectivity index (χ0n) is 28.5. The average molecular weight is 598 g/mol. The van der Waals surface area contributed by atoms with Crippen LogP contribution in [0, 0.1) is 0 Å². The molecule has 0 bridgehead atoms. The fraction of sp³-hybridized carbons (Fsp3) is 0.944. The number of esters is 2. The van der Waals surface area contributed by atoms with Gasteiger partial charge in [0.2, 0.25) is 0 Å². The summed E-state index contributed by atoms with van der Waals surface area (Å²) < 4.78 is 10.8. The van der Waals surface area contributed by atoms with E-state index in [-0.39, 0.29) is 18.5 Å². The van der Waals surface area contributed by atoms with Crippen molar-refractivity contribution in [2.24, 2.45) is 0 Å². The summed E-state index contributed by atoms with van der Waals surface area (Å²) in [6.07, 6.45) is 26.5. The Morgan fingerprint density at radius 3 is 1.31 bits per heavy atom. The molecule has 0 aromatic heterocycles. The molecule has 0 spiro atoms. The molecular weight excluding hydrogens is 526 g/mol. The highest BCUT2D eigenvalue weighted by Gasteiger charge is 2.19. The van der Waals surface area contributed by atoms with Gasteiger partial charge in [0.1, 0.15) is 0 Å². The number of nitrogens with zero attached hydrogens (tertiary/aromatic N) is 1. The molecule has 1 N–H and O–H groups in total. The van der Waals surface area contributed by atoms with Gasteiger partial charge < -0.3 is 14.6 Å². The Bertz CT molecular complexity index is 551. The fourth-order valence-electron chi connectivity index (χ4n) is 5.73. The third-order valence-corrected chi connectivity index (χ3v) is 8.52. The molecule has 0 rings (SSSR count). The molecule has 0 aliphatic rings. The van der Waals surface area contributed by atoms with E-state index in [1.165, 1.54) is 77.0 Å². The Hall–Kier alpha value is -1.14. The van der Waals surface area contributed by atoms with Gasteiger partial charge in [-0.3, -0.25) is 14.5 Å². The van der Waals surface area contributed by atoms with E-state index in [1.54, 1.807) is 0 Å². The molecule has 0 saturated carbocycles. The van der Waals surface area contributed by atoms with Crippen LogP contribution in [-0.2, 0) is 19.1 Å². The van der Waals surface area contributed by atoms with Crippen molar-refractivity contribution in [3.05, 3.63) is 0 Å². The van der Waals surface area contributed by atoms with E-state index in [0.29, 0.717) is 38.1 Å². The third-order valence-electron chi connectivity index (χ3n) is 8.52. The van der Waals surface area contributed by atoms with Crippen LogP contribution in [0.25, 0.3) is 0 Å². The maximum absolute atomic E-state index is 11.8. The van der Waals surface area contributed by atoms with Crippen LogP contribution >= 0.6 is 0 Å². The van der Waals surface area contributed by atoms with Crippen molar-refractivity contribution in [3.63, 3.8) is 0 Å². The molecule has 0 heterocycles. The smallest absolute Gasteiger partial charge is 0.305 e. The zero-order chi connectivity index (χ0) is 31.1. The van der Waals surface area contributed by atoms with Crippen molar-refractivity contribution in [1.29, 1.82) is 0 Å². The monoisotopic (exact) mass is 598 g/mol. The van der Waals surface area contributed by atoms with Gasteiger partial charge in [-0.25, -0.2) is 0 Å². The highest BCUT2D eigenvalue weighted by molar-refractivity contribution is 5.69. The normalized spacial score (nSPS) is 12.9. The lowest BCUT2D eigenvalue weighted by Gasteiger charge is -2.34. The van der Waals surface area contributed by atoms with Crippen LogP contribution in [0.5, 0.6) is 0 Å². The van der Waals surface area contributed by atoms with E-state index >= 15 is 0 Å². The second kappa shape index (κ2) is 31.3. The van der Waals surface area contributed by atoms with Crippen LogP contribution in [0.3, 0.4) is 0 Å². The van der Waals surface area contributed by atoms with Crippen molar-refractivity contribution < 1.29 is 24.2 Å². The molecule has 6 heteroatoms. The molecule has 0 aliphatic carbocycles. The molecule has 0 aromatic carbocycles. The van der Waals surface area contributed by atoms with Crippen molar-refractivity contribution in [2.75, 3.05) is 26.4 Å². The minimum Gasteiger partial charge on any atom is -0.466 e. The van der Waals surface area contributed by atoms with E-state index in [2.05, 4.69) is 32.6 Å². The summed E-state index contributed by atoms with van der Waals surface area (Å²) in [5.74, 6) is -0.0559. The molecule has 6 nitrogen and oxygen atoms in total. The quantitative estimate of drug-likeness (QED) is 0.0615. The Kier molecular flexibility index (Phi) is 30.4. The Morgan fingerprint density at radius 2 is 0.905 bits per heavy atom. The number of unbranched alkanes of at least 4 members (excludes halogenated alkanes) is 16. The number of carbonyl (C=O) groups is 2. The number of aliphatic hydroxyl groups excluding tert-OH is 1. The van der Waals surface area contributed by atoms with Gasteiger partial charge in [0.25, 0.3) is 0 Å². The molecule has 250 valence electrons. The van der Waals surface area contributed by atoms with Crippen LogP contribution in [0.15, 0.2) is 0 Å². The lowest BCUT2D eigenvalue weighted by Crippen LogP contribution is -2.42. The van der Waals surface area contributed by atoms with Crippen LogP contribution in [0.4, 0.5) is 0 Å². The van der Waals surface area contributed by atoms with E-state index in [9.17, 15) is 14.7 Å². The van der Waals surface area contributed by atoms with E-state index in [1.807, 2.05) is 0 Å². The fourth-order valence-corrected chi connectivity index (χ4v) is 5.73. The average Bonchev–Trinajstić information content (AvgIpc) is 2.98. The predicted octanol–water partition coefficient (Wildman–Crippen LogP) is 9.55. The van der Waals surface area contributed by atoms with Crippen molar-refractivity contribution in [3.8, 4) is 0 Å². The van der Waals surface area contributed by atoms with Gasteiger partial charge in [0.15, 0.2) is 0 Å². The first-order valence-corrected chi connectivity index (χ1v) is 18.1. The van der Waals surface area contributed by atoms with E-state index < -0.39 is 0 Å². The zero-order valence-corrected chi connectivity index (χ0v) is 28.5. The second-order valence-electron chi connectivity index (χ2n) is 12.5. The maximum atomic E-state index is 11.8. The van der Waals surface area contributed by atoms with Gasteiger partial charge in [-0.15, -0.1) is 0 Å². The highest BCUT2D eigenvalue weighted by atomic mass is 16.5. The summed E-state index contributed by atoms with van der Waals surface area (Å²) in [5.41, 5.74) is 0. The molecule has 2 atom stereocenters. The summed E-state index contributed by atoms with van der Waals surface area (Å²) in [6.45, 7) is 11.1. The van der Waals surface area contributed by atoms with Gasteiger partial charge in [0.05, 0.1) is 19.8 Å². The molecular formula is C36H71NO5. The predicted molar refractivity (Wildman–Crippen MR) is 177 cm³/mol. The maximum Gasteiger partial charge on any atom is 0.305 e. The van der Waals surface area contributed by atoms with Crippen molar-refractivity contribution in [1.82, 2.24) is 4.90 Å². The first kappa shape index (κ1) is 40.9. The molecule has 42 heavy (non-hydrogen) atoms. The topological polar surface area (TPSA) is 76.1 Å². The van der Waals surface area contributed by atoms with Crippen molar-refractivity contribution >= 4 is 11.9 Å². The number of hydrogen-bond donors (Lipinski definition) is 1. The Morgan fingerprint density at radius 1 is 0.548 bits per heavy atom. The van der Waals surface area contributed by atoms with Gasteiger partial charge in [-0.2, -0.15) is 0 Å². The van der Waals surface area contributed by atoms with Gasteiger partial charge in [0, 0.05) is 31.5 Å². The van der Waals surface area contributed by atoms with Crippen LogP contribution in [0.2, 0.25) is 0 Å². The number of hydrogen-bond acceptors (Lipinski definition) is 6. The SMILES string of the molecule is CCCCCCCC(=O)OCCCCCCCC(C)N(CCO)C(C)CCCCCCCOC(=O)CCCCCCC. The number of ether oxygens (including phenoxy) is 2. The number of carbonyl (C=O) groups excluding carboxylic acids is 2. The second-order valence-corrected chi connectivity index (χ2v) is 12.5. The summed E-state index contributed by atoms with van der Waals surface area (Å²) in [4.78, 5) is 26.1. The minimum atomic E-state index is -0.0280. The third kappa shape index (κ3) is 26.5. The summed E-state index contributed by atoms with van der Waals surface area (Å²) in [5, 5.41) is 9.65. The largest absolute Gasteiger partial charge is 0.466 e. The molecule has 0 radical (unpaired) electrons. The Balaban J connectivity index is 3.79. The van der Waals surface area contributed by atoms with Crippen LogP contribution in [0.1, 0.15) is 182 Å². The molecule has 0 aromatic rings. The van der Waals surface area contributed by atoms with Gasteiger partial charge >= 0.3 is 11.9 Å². The molecule has 0 aliphatic heterocycles. The van der Waals surface area contributed by atoms with Crippen LogP contribution < -0.4 is 0 Å². The van der Waals surface area contributed by atoms with Gasteiger partial charge in [-0.1, -0.05) is 117 Å². The minimum absolute atomic E-state index is 0.0280. The summed E-state index contributed by atoms with van der Waals surface area (Å²) in [7, 11) is 0.